The second-order valence-electron chi connectivity index (χ2n) is 5.51. The van der Waals surface area contributed by atoms with Crippen molar-refractivity contribution in [1.82, 2.24) is 4.90 Å². The van der Waals surface area contributed by atoms with Crippen LogP contribution in [0.4, 0.5) is 0 Å². The molecule has 0 aromatic heterocycles. The van der Waals surface area contributed by atoms with E-state index in [9.17, 15) is 0 Å². The fraction of sp³-hybridized carbons (Fsp3) is 0.625. The van der Waals surface area contributed by atoms with Gasteiger partial charge in [-0.25, -0.2) is 0 Å². The highest BCUT2D eigenvalue weighted by Gasteiger charge is 2.33. The molecule has 1 heterocycles. The van der Waals surface area contributed by atoms with Crippen LogP contribution >= 0.6 is 0 Å². The lowest BCUT2D eigenvalue weighted by atomic mass is 10.0. The van der Waals surface area contributed by atoms with E-state index in [1.807, 2.05) is 0 Å². The quantitative estimate of drug-likeness (QED) is 0.865. The summed E-state index contributed by atoms with van der Waals surface area (Å²) >= 11 is 0. The number of benzene rings is 1. The van der Waals surface area contributed by atoms with Gasteiger partial charge in [0.15, 0.2) is 0 Å². The van der Waals surface area contributed by atoms with Gasteiger partial charge in [-0.15, -0.1) is 0 Å². The third-order valence-electron chi connectivity index (χ3n) is 4.33. The molecular weight excluding hydrogens is 220 g/mol. The van der Waals surface area contributed by atoms with Crippen LogP contribution in [0.2, 0.25) is 0 Å². The predicted molar refractivity (Wildman–Crippen MR) is 77.6 cm³/mol. The van der Waals surface area contributed by atoms with E-state index in [4.69, 9.17) is 5.73 Å². The summed E-state index contributed by atoms with van der Waals surface area (Å²) in [7, 11) is 0. The summed E-state index contributed by atoms with van der Waals surface area (Å²) in [5.41, 5.74) is 7.44. The van der Waals surface area contributed by atoms with Crippen molar-refractivity contribution in [2.24, 2.45) is 5.73 Å². The molecule has 0 aliphatic carbocycles. The largest absolute Gasteiger partial charge is 0.329 e. The molecule has 2 heteroatoms. The second-order valence-corrected chi connectivity index (χ2v) is 5.51. The van der Waals surface area contributed by atoms with Crippen LogP contribution in [0.5, 0.6) is 0 Å². The summed E-state index contributed by atoms with van der Waals surface area (Å²) in [6, 6.07) is 12.7. The molecule has 0 saturated carbocycles. The fourth-order valence-corrected chi connectivity index (χ4v) is 3.36. The molecule has 0 radical (unpaired) electrons. The van der Waals surface area contributed by atoms with E-state index in [1.165, 1.54) is 24.8 Å². The van der Waals surface area contributed by atoms with Crippen molar-refractivity contribution >= 4 is 0 Å². The van der Waals surface area contributed by atoms with Crippen molar-refractivity contribution in [3.63, 3.8) is 0 Å². The Bertz CT molecular complexity index is 349. The molecule has 100 valence electrons. The maximum Gasteiger partial charge on any atom is 0.0264 e. The Labute approximate surface area is 111 Å². The zero-order valence-electron chi connectivity index (χ0n) is 11.7. The molecule has 0 bridgehead atoms. The van der Waals surface area contributed by atoms with Gasteiger partial charge in [0.2, 0.25) is 0 Å². The van der Waals surface area contributed by atoms with Crippen LogP contribution in [0.25, 0.3) is 0 Å². The van der Waals surface area contributed by atoms with Gasteiger partial charge >= 0.3 is 0 Å². The Morgan fingerprint density at radius 2 is 2.00 bits per heavy atom. The van der Waals surface area contributed by atoms with Gasteiger partial charge in [0.25, 0.3) is 0 Å². The first-order chi connectivity index (χ1) is 8.76. The summed E-state index contributed by atoms with van der Waals surface area (Å²) in [6.07, 6.45) is 4.99. The molecule has 1 saturated heterocycles. The molecule has 2 N–H and O–H groups in total. The molecule has 1 aromatic rings. The monoisotopic (exact) mass is 246 g/mol. The summed E-state index contributed by atoms with van der Waals surface area (Å²) in [5.74, 6) is 0. The summed E-state index contributed by atoms with van der Waals surface area (Å²) in [6.45, 7) is 5.41. The minimum absolute atomic E-state index is 0.495. The van der Waals surface area contributed by atoms with E-state index < -0.39 is 0 Å². The predicted octanol–water partition coefficient (Wildman–Crippen LogP) is 2.82. The van der Waals surface area contributed by atoms with Crippen molar-refractivity contribution < 1.29 is 0 Å². The highest BCUT2D eigenvalue weighted by molar-refractivity contribution is 5.16. The maximum absolute atomic E-state index is 6.04. The van der Waals surface area contributed by atoms with Gasteiger partial charge in [-0.05, 0) is 38.2 Å². The molecule has 1 fully saturated rings. The minimum Gasteiger partial charge on any atom is -0.329 e. The van der Waals surface area contributed by atoms with Crippen molar-refractivity contribution in [3.8, 4) is 0 Å². The van der Waals surface area contributed by atoms with Gasteiger partial charge < -0.3 is 5.73 Å². The lowest BCUT2D eigenvalue weighted by Crippen LogP contribution is -2.47. The van der Waals surface area contributed by atoms with Crippen molar-refractivity contribution in [3.05, 3.63) is 35.9 Å². The highest BCUT2D eigenvalue weighted by atomic mass is 15.2. The Kier molecular flexibility index (Phi) is 4.79. The Morgan fingerprint density at radius 1 is 1.28 bits per heavy atom. The normalized spacial score (nSPS) is 26.4. The first kappa shape index (κ1) is 13.6. The van der Waals surface area contributed by atoms with Crippen LogP contribution in [0.15, 0.2) is 30.3 Å². The molecule has 3 atom stereocenters. The Balaban J connectivity index is 2.08. The summed E-state index contributed by atoms with van der Waals surface area (Å²) in [4.78, 5) is 2.67. The average molecular weight is 246 g/mol. The molecule has 2 nitrogen and oxygen atoms in total. The van der Waals surface area contributed by atoms with Crippen molar-refractivity contribution in [1.29, 1.82) is 0 Å². The number of hydrogen-bond acceptors (Lipinski definition) is 2. The molecule has 2 rings (SSSR count). The van der Waals surface area contributed by atoms with E-state index in [-0.39, 0.29) is 0 Å². The molecule has 18 heavy (non-hydrogen) atoms. The van der Waals surface area contributed by atoms with Gasteiger partial charge in [0.05, 0.1) is 0 Å². The van der Waals surface area contributed by atoms with Crippen LogP contribution in [0, 0.1) is 0 Å². The zero-order valence-corrected chi connectivity index (χ0v) is 11.7. The second kappa shape index (κ2) is 6.35. The van der Waals surface area contributed by atoms with Gasteiger partial charge in [-0.2, -0.15) is 0 Å². The van der Waals surface area contributed by atoms with Gasteiger partial charge in [-0.1, -0.05) is 37.3 Å². The number of hydrogen-bond donors (Lipinski definition) is 1. The zero-order chi connectivity index (χ0) is 13.0. The van der Waals surface area contributed by atoms with E-state index >= 15 is 0 Å². The lowest BCUT2D eigenvalue weighted by Gasteiger charge is -2.35. The van der Waals surface area contributed by atoms with E-state index in [1.54, 1.807) is 0 Å². The van der Waals surface area contributed by atoms with Crippen LogP contribution in [0.3, 0.4) is 0 Å². The molecule has 3 unspecified atom stereocenters. The van der Waals surface area contributed by atoms with Crippen LogP contribution in [-0.4, -0.2) is 29.6 Å². The van der Waals surface area contributed by atoms with Gasteiger partial charge in [0.1, 0.15) is 0 Å². The van der Waals surface area contributed by atoms with Gasteiger partial charge in [0, 0.05) is 24.7 Å². The smallest absolute Gasteiger partial charge is 0.0264 e. The maximum atomic E-state index is 6.04. The van der Waals surface area contributed by atoms with Crippen molar-refractivity contribution in [2.45, 2.75) is 57.7 Å². The summed E-state index contributed by atoms with van der Waals surface area (Å²) in [5, 5.41) is 0. The standard InChI is InChI=1S/C16H26N2/c1-3-15-10-9-13(2)18(15)16(12-17)11-14-7-5-4-6-8-14/h4-8,13,15-16H,3,9-12,17H2,1-2H3. The molecule has 0 spiro atoms. The van der Waals surface area contributed by atoms with E-state index in [0.717, 1.165) is 19.0 Å². The third-order valence-corrected chi connectivity index (χ3v) is 4.33. The lowest BCUT2D eigenvalue weighted by molar-refractivity contribution is 0.136. The molecule has 0 amide bonds. The first-order valence-electron chi connectivity index (χ1n) is 7.27. The van der Waals surface area contributed by atoms with Gasteiger partial charge in [-0.3, -0.25) is 4.90 Å². The number of likely N-dealkylation sites (tertiary alicyclic amines) is 1. The Morgan fingerprint density at radius 3 is 2.61 bits per heavy atom. The molecule has 1 aliphatic rings. The SMILES string of the molecule is CCC1CCC(C)N1C(CN)Cc1ccccc1. The summed E-state index contributed by atoms with van der Waals surface area (Å²) < 4.78 is 0. The fourth-order valence-electron chi connectivity index (χ4n) is 3.36. The third kappa shape index (κ3) is 2.93. The first-order valence-corrected chi connectivity index (χ1v) is 7.27. The van der Waals surface area contributed by atoms with Crippen LogP contribution in [-0.2, 0) is 6.42 Å². The average Bonchev–Trinajstić information content (AvgIpc) is 2.78. The van der Waals surface area contributed by atoms with E-state index in [0.29, 0.717) is 12.1 Å². The van der Waals surface area contributed by atoms with Crippen molar-refractivity contribution in [2.75, 3.05) is 6.54 Å². The number of nitrogens with zero attached hydrogens (tertiary/aromatic N) is 1. The minimum atomic E-state index is 0.495. The topological polar surface area (TPSA) is 29.3 Å². The van der Waals surface area contributed by atoms with Crippen LogP contribution < -0.4 is 5.73 Å². The van der Waals surface area contributed by atoms with E-state index in [2.05, 4.69) is 49.1 Å². The van der Waals surface area contributed by atoms with Crippen LogP contribution in [0.1, 0.15) is 38.7 Å². The molecule has 1 aliphatic heterocycles. The molecular formula is C16H26N2. The highest BCUT2D eigenvalue weighted by Crippen LogP contribution is 2.29. The number of rotatable bonds is 5. The number of nitrogens with two attached hydrogens (primary N) is 1. The molecule has 1 aromatic carbocycles. The Hall–Kier alpha value is -0.860.